The zero-order valence-electron chi connectivity index (χ0n) is 19.5. The van der Waals surface area contributed by atoms with Gasteiger partial charge in [0.05, 0.1) is 19.3 Å². The third-order valence-electron chi connectivity index (χ3n) is 6.51. The molecule has 1 saturated heterocycles. The molecule has 3 aromatic rings. The van der Waals surface area contributed by atoms with Crippen molar-refractivity contribution < 1.29 is 9.13 Å². The number of hydrogen-bond acceptors (Lipinski definition) is 8. The molecule has 178 valence electrons. The van der Waals surface area contributed by atoms with Crippen LogP contribution in [-0.2, 0) is 0 Å². The van der Waals surface area contributed by atoms with Crippen LogP contribution in [-0.4, -0.2) is 62.2 Å². The molecule has 0 atom stereocenters. The van der Waals surface area contributed by atoms with E-state index in [1.807, 2.05) is 36.4 Å². The maximum absolute atomic E-state index is 14.9. The van der Waals surface area contributed by atoms with Crippen LogP contribution < -0.4 is 25.2 Å². The first-order valence-corrected chi connectivity index (χ1v) is 11.8. The van der Waals surface area contributed by atoms with Crippen LogP contribution in [0.15, 0.2) is 53.7 Å². The minimum Gasteiger partial charge on any atom is -0.496 e. The quantitative estimate of drug-likeness (QED) is 0.589. The lowest BCUT2D eigenvalue weighted by Gasteiger charge is -2.29. The van der Waals surface area contributed by atoms with E-state index in [9.17, 15) is 4.39 Å². The lowest BCUT2D eigenvalue weighted by atomic mass is 9.98. The summed E-state index contributed by atoms with van der Waals surface area (Å²) in [4.78, 5) is 18.2. The minimum atomic E-state index is -0.330. The molecule has 1 aromatic heterocycles. The molecule has 35 heavy (non-hydrogen) atoms. The lowest BCUT2D eigenvalue weighted by molar-refractivity contribution is 0.413. The van der Waals surface area contributed by atoms with Gasteiger partial charge in [-0.2, -0.15) is 4.98 Å². The third kappa shape index (κ3) is 3.97. The van der Waals surface area contributed by atoms with Crippen molar-refractivity contribution >= 4 is 40.6 Å². The van der Waals surface area contributed by atoms with Gasteiger partial charge in [0.25, 0.3) is 0 Å². The van der Waals surface area contributed by atoms with E-state index in [4.69, 9.17) is 14.7 Å². The van der Waals surface area contributed by atoms with Crippen LogP contribution in [0.5, 0.6) is 5.75 Å². The number of ether oxygens (including phenoxy) is 1. The molecule has 8 nitrogen and oxygen atoms in total. The Morgan fingerprint density at radius 3 is 2.77 bits per heavy atom. The minimum absolute atomic E-state index is 0.330. The van der Waals surface area contributed by atoms with E-state index < -0.39 is 0 Å². The Labute approximate surface area is 203 Å². The second-order valence-electron chi connectivity index (χ2n) is 8.61. The normalized spacial score (nSPS) is 16.9. The number of aliphatic imine (C=N–C) groups is 1. The number of benzene rings is 2. The molecule has 3 aliphatic heterocycles. The summed E-state index contributed by atoms with van der Waals surface area (Å²) >= 11 is 0. The topological polar surface area (TPSA) is 77.9 Å². The van der Waals surface area contributed by atoms with Gasteiger partial charge in [-0.3, -0.25) is 4.99 Å². The zero-order chi connectivity index (χ0) is 23.8. The van der Waals surface area contributed by atoms with Gasteiger partial charge in [-0.15, -0.1) is 0 Å². The summed E-state index contributed by atoms with van der Waals surface area (Å²) in [6.45, 7) is 4.93. The van der Waals surface area contributed by atoms with Gasteiger partial charge in [0.15, 0.2) is 0 Å². The van der Waals surface area contributed by atoms with Gasteiger partial charge in [0, 0.05) is 61.3 Å². The van der Waals surface area contributed by atoms with Crippen molar-refractivity contribution in [2.45, 2.75) is 0 Å². The highest BCUT2D eigenvalue weighted by Gasteiger charge is 2.31. The summed E-state index contributed by atoms with van der Waals surface area (Å²) in [5, 5.41) is 6.37. The first-order valence-electron chi connectivity index (χ1n) is 11.8. The molecular weight excluding hydrogens is 445 g/mol. The van der Waals surface area contributed by atoms with Crippen LogP contribution in [0.1, 0.15) is 11.1 Å². The number of hydrogen-bond donors (Lipinski definition) is 2. The van der Waals surface area contributed by atoms with E-state index >= 15 is 0 Å². The fourth-order valence-electron chi connectivity index (χ4n) is 4.78. The van der Waals surface area contributed by atoms with Gasteiger partial charge < -0.3 is 25.2 Å². The molecule has 0 unspecified atom stereocenters. The first-order chi connectivity index (χ1) is 17.2. The number of halogens is 1. The van der Waals surface area contributed by atoms with E-state index in [1.54, 1.807) is 25.4 Å². The van der Waals surface area contributed by atoms with Crippen molar-refractivity contribution in [3.8, 4) is 5.75 Å². The van der Waals surface area contributed by atoms with E-state index in [0.29, 0.717) is 18.2 Å². The molecule has 6 rings (SSSR count). The summed E-state index contributed by atoms with van der Waals surface area (Å²) in [6.07, 6.45) is 3.81. The molecule has 0 saturated carbocycles. The summed E-state index contributed by atoms with van der Waals surface area (Å²) < 4.78 is 20.5. The van der Waals surface area contributed by atoms with Crippen molar-refractivity contribution in [1.29, 1.82) is 0 Å². The Bertz CT molecular complexity index is 1330. The zero-order valence-corrected chi connectivity index (χ0v) is 19.5. The van der Waals surface area contributed by atoms with Gasteiger partial charge in [-0.25, -0.2) is 9.37 Å². The first kappa shape index (κ1) is 21.5. The summed E-state index contributed by atoms with van der Waals surface area (Å²) in [7, 11) is 1.67. The number of methoxy groups -OCH3 is 1. The molecule has 1 fully saturated rings. The van der Waals surface area contributed by atoms with Gasteiger partial charge >= 0.3 is 0 Å². The molecule has 0 aliphatic carbocycles. The number of anilines is 4. The van der Waals surface area contributed by atoms with Crippen molar-refractivity contribution in [3.05, 3.63) is 65.6 Å². The largest absolute Gasteiger partial charge is 0.496 e. The van der Waals surface area contributed by atoms with E-state index in [2.05, 4.69) is 25.4 Å². The number of para-hydroxylation sites is 1. The summed E-state index contributed by atoms with van der Waals surface area (Å²) in [5.74, 6) is 2.42. The average Bonchev–Trinajstić information content (AvgIpc) is 3.40. The van der Waals surface area contributed by atoms with Crippen LogP contribution in [0.4, 0.5) is 27.5 Å². The van der Waals surface area contributed by atoms with Crippen LogP contribution in [0.3, 0.4) is 0 Å². The standard InChI is InChI=1S/C26H26FN7O/c1-35-23-5-3-2-4-19(23)20-14-17-16-30-26(32-24(17)34-13-10-29-25(20)34)31-22-7-6-18(15-21(22)27)33-11-8-28-9-12-33/h2-7,14-16,28H,8-13H2,1H3,(H,30,31,32). The number of nitrogens with zero attached hydrogens (tertiary/aromatic N) is 5. The van der Waals surface area contributed by atoms with E-state index in [0.717, 1.165) is 72.5 Å². The highest BCUT2D eigenvalue weighted by Crippen LogP contribution is 2.38. The molecule has 0 radical (unpaired) electrons. The van der Waals surface area contributed by atoms with Crippen molar-refractivity contribution in [2.24, 2.45) is 4.99 Å². The van der Waals surface area contributed by atoms with Crippen LogP contribution >= 0.6 is 0 Å². The Hall–Kier alpha value is -3.98. The second kappa shape index (κ2) is 8.99. The van der Waals surface area contributed by atoms with Crippen molar-refractivity contribution in [2.75, 3.05) is 61.5 Å². The predicted molar refractivity (Wildman–Crippen MR) is 137 cm³/mol. The highest BCUT2D eigenvalue weighted by atomic mass is 19.1. The van der Waals surface area contributed by atoms with Crippen molar-refractivity contribution in [3.63, 3.8) is 0 Å². The Kier molecular flexibility index (Phi) is 5.54. The number of fused-ring (bicyclic) bond motifs is 3. The van der Waals surface area contributed by atoms with E-state index in [1.165, 1.54) is 0 Å². The second-order valence-corrected chi connectivity index (χ2v) is 8.61. The number of nitrogens with one attached hydrogen (secondary N) is 2. The fraction of sp³-hybridized carbons (Fsp3) is 0.269. The van der Waals surface area contributed by atoms with Crippen LogP contribution in [0, 0.1) is 5.82 Å². The van der Waals surface area contributed by atoms with Crippen LogP contribution in [0.25, 0.3) is 11.6 Å². The maximum atomic E-state index is 14.9. The smallest absolute Gasteiger partial charge is 0.229 e. The molecule has 2 N–H and O–H groups in total. The lowest BCUT2D eigenvalue weighted by Crippen LogP contribution is -2.43. The molecule has 2 aromatic carbocycles. The molecule has 0 spiro atoms. The number of piperazine rings is 1. The fourth-order valence-corrected chi connectivity index (χ4v) is 4.78. The van der Waals surface area contributed by atoms with Crippen molar-refractivity contribution in [1.82, 2.24) is 15.3 Å². The molecule has 9 heteroatoms. The molecular formula is C26H26FN7O. The number of rotatable bonds is 5. The monoisotopic (exact) mass is 471 g/mol. The molecule has 4 heterocycles. The van der Waals surface area contributed by atoms with Gasteiger partial charge in [0.1, 0.15) is 23.2 Å². The summed E-state index contributed by atoms with van der Waals surface area (Å²) in [6, 6.07) is 13.2. The van der Waals surface area contributed by atoms with Gasteiger partial charge in [-0.05, 0) is 30.3 Å². The Balaban J connectivity index is 1.30. The highest BCUT2D eigenvalue weighted by molar-refractivity contribution is 6.36. The number of aromatic nitrogens is 2. The Morgan fingerprint density at radius 2 is 1.94 bits per heavy atom. The van der Waals surface area contributed by atoms with Crippen LogP contribution in [0.2, 0.25) is 0 Å². The average molecular weight is 472 g/mol. The van der Waals surface area contributed by atoms with Gasteiger partial charge in [0.2, 0.25) is 5.95 Å². The van der Waals surface area contributed by atoms with E-state index in [-0.39, 0.29) is 5.82 Å². The predicted octanol–water partition coefficient (Wildman–Crippen LogP) is 3.55. The molecule has 0 bridgehead atoms. The third-order valence-corrected chi connectivity index (χ3v) is 6.51. The Morgan fingerprint density at radius 1 is 1.09 bits per heavy atom. The molecule has 0 amide bonds. The van der Waals surface area contributed by atoms with Gasteiger partial charge in [-0.1, -0.05) is 18.2 Å². The maximum Gasteiger partial charge on any atom is 0.229 e. The summed E-state index contributed by atoms with van der Waals surface area (Å²) in [5.41, 5.74) is 4.06. The molecule has 3 aliphatic rings. The SMILES string of the molecule is COc1ccccc1C1=Cc2cnc(Nc3ccc(N4CCNCC4)cc3F)nc2N2CCN=C12. The number of amidine groups is 1.